The molecule has 2 aromatic rings. The van der Waals surface area contributed by atoms with Gasteiger partial charge in [-0.05, 0) is 59.7 Å². The maximum absolute atomic E-state index is 13.6. The van der Waals surface area contributed by atoms with Crippen molar-refractivity contribution >= 4 is 11.5 Å². The number of Topliss-reactive ketones (excluding diaryl/α,β-unsaturated/α-hetero) is 1. The molecule has 3 heterocycles. The molecule has 34 heavy (non-hydrogen) atoms. The molecule has 0 radical (unpaired) electrons. The normalized spacial score (nSPS) is 22.8. The average molecular weight is 458 g/mol. The van der Waals surface area contributed by atoms with Gasteiger partial charge in [0.15, 0.2) is 17.3 Å². The number of rotatable bonds is 2. The number of methoxy groups -OCH3 is 1. The summed E-state index contributed by atoms with van der Waals surface area (Å²) in [5, 5.41) is 0. The molecule has 0 bridgehead atoms. The van der Waals surface area contributed by atoms with Gasteiger partial charge in [-0.3, -0.25) is 4.79 Å². The molecule has 0 amide bonds. The van der Waals surface area contributed by atoms with Crippen molar-refractivity contribution in [2.24, 2.45) is 5.41 Å². The van der Waals surface area contributed by atoms with Crippen LogP contribution in [0.5, 0.6) is 17.2 Å². The Morgan fingerprint density at radius 3 is 2.65 bits per heavy atom. The number of carbonyl (C=O) groups is 1. The molecule has 1 atom stereocenters. The van der Waals surface area contributed by atoms with Crippen LogP contribution in [0.1, 0.15) is 55.7 Å². The van der Waals surface area contributed by atoms with E-state index in [2.05, 4.69) is 49.1 Å². The van der Waals surface area contributed by atoms with Gasteiger partial charge in [-0.25, -0.2) is 0 Å². The van der Waals surface area contributed by atoms with Gasteiger partial charge in [0.05, 0.1) is 20.3 Å². The van der Waals surface area contributed by atoms with Crippen LogP contribution in [-0.2, 0) is 11.2 Å². The molecule has 0 N–H and O–H groups in total. The first-order valence-corrected chi connectivity index (χ1v) is 12.3. The molecule has 0 saturated carbocycles. The Morgan fingerprint density at radius 1 is 1.06 bits per heavy atom. The minimum absolute atomic E-state index is 0.0533. The largest absolute Gasteiger partial charge is 0.497 e. The number of nitrogens with zero attached hydrogens (tertiary/aromatic N) is 1. The first-order chi connectivity index (χ1) is 16.4. The summed E-state index contributed by atoms with van der Waals surface area (Å²) in [4.78, 5) is 16.0. The Hall–Kier alpha value is -3.21. The molecule has 0 saturated heterocycles. The Balaban J connectivity index is 1.53. The maximum atomic E-state index is 13.6. The lowest BCUT2D eigenvalue weighted by Gasteiger charge is -2.46. The number of ether oxygens (including phenoxy) is 3. The fraction of sp³-hybridized carbons (Fsp3) is 0.414. The van der Waals surface area contributed by atoms with Crippen molar-refractivity contribution in [1.82, 2.24) is 4.90 Å². The molecule has 5 nitrogen and oxygen atoms in total. The van der Waals surface area contributed by atoms with Crippen LogP contribution in [0, 0.1) is 5.41 Å². The Kier molecular flexibility index (Phi) is 4.98. The molecule has 0 spiro atoms. The number of allylic oxidation sites excluding steroid dienone is 3. The highest BCUT2D eigenvalue weighted by Gasteiger charge is 2.42. The third kappa shape index (κ3) is 3.49. The van der Waals surface area contributed by atoms with E-state index in [1.807, 2.05) is 12.1 Å². The number of hydrogen-bond donors (Lipinski definition) is 0. The average Bonchev–Trinajstić information content (AvgIpc) is 3.06. The standard InChI is InChI=1S/C29H31NO4/c1-29(2)16-24-28(25(31)17-29)22(18-6-4-7-20(12-18)32-3)14-23-21-15-27-26(33-10-5-11-34-27)13-19(21)8-9-30(23)24/h4,6-7,12-15,22H,5,8-11,16-17H2,1-3H3/t22-/m0/s1. The van der Waals surface area contributed by atoms with Gasteiger partial charge >= 0.3 is 0 Å². The molecule has 1 aliphatic carbocycles. The van der Waals surface area contributed by atoms with Gasteiger partial charge in [-0.1, -0.05) is 26.0 Å². The van der Waals surface area contributed by atoms with E-state index >= 15 is 0 Å². The summed E-state index contributed by atoms with van der Waals surface area (Å²) in [6, 6.07) is 12.4. The molecular formula is C29H31NO4. The van der Waals surface area contributed by atoms with Crippen molar-refractivity contribution in [1.29, 1.82) is 0 Å². The molecule has 6 rings (SSSR count). The minimum atomic E-state index is -0.0955. The van der Waals surface area contributed by atoms with E-state index in [4.69, 9.17) is 14.2 Å². The topological polar surface area (TPSA) is 48.0 Å². The van der Waals surface area contributed by atoms with Crippen LogP contribution in [0.25, 0.3) is 5.70 Å². The highest BCUT2D eigenvalue weighted by Crippen LogP contribution is 2.51. The zero-order valence-electron chi connectivity index (χ0n) is 20.1. The fourth-order valence-corrected chi connectivity index (χ4v) is 5.89. The Bertz CT molecular complexity index is 1240. The van der Waals surface area contributed by atoms with E-state index in [-0.39, 0.29) is 17.1 Å². The Labute approximate surface area is 201 Å². The minimum Gasteiger partial charge on any atom is -0.497 e. The summed E-state index contributed by atoms with van der Waals surface area (Å²) >= 11 is 0. The summed E-state index contributed by atoms with van der Waals surface area (Å²) in [7, 11) is 1.68. The predicted molar refractivity (Wildman–Crippen MR) is 131 cm³/mol. The zero-order chi connectivity index (χ0) is 23.4. The van der Waals surface area contributed by atoms with Crippen molar-refractivity contribution < 1.29 is 19.0 Å². The van der Waals surface area contributed by atoms with E-state index in [0.29, 0.717) is 19.6 Å². The Morgan fingerprint density at radius 2 is 1.85 bits per heavy atom. The smallest absolute Gasteiger partial charge is 0.162 e. The number of hydrogen-bond acceptors (Lipinski definition) is 5. The lowest BCUT2D eigenvalue weighted by atomic mass is 9.69. The summed E-state index contributed by atoms with van der Waals surface area (Å²) in [6.45, 7) is 6.63. The van der Waals surface area contributed by atoms with E-state index < -0.39 is 0 Å². The quantitative estimate of drug-likeness (QED) is 0.596. The molecule has 5 heteroatoms. The van der Waals surface area contributed by atoms with Crippen molar-refractivity contribution in [2.45, 2.75) is 45.4 Å². The van der Waals surface area contributed by atoms with Gasteiger partial charge < -0.3 is 19.1 Å². The number of benzene rings is 2. The molecule has 2 aromatic carbocycles. The highest BCUT2D eigenvalue weighted by molar-refractivity contribution is 6.01. The second-order valence-corrected chi connectivity index (χ2v) is 10.5. The lowest BCUT2D eigenvalue weighted by Crippen LogP contribution is -2.40. The number of carbonyl (C=O) groups excluding carboxylic acids is 1. The number of fused-ring (bicyclic) bond motifs is 5. The van der Waals surface area contributed by atoms with Crippen molar-refractivity contribution in [3.63, 3.8) is 0 Å². The number of ketones is 1. The first kappa shape index (κ1) is 21.3. The molecule has 3 aliphatic heterocycles. The van der Waals surface area contributed by atoms with Crippen molar-refractivity contribution in [3.05, 3.63) is 70.4 Å². The fourth-order valence-electron chi connectivity index (χ4n) is 5.89. The molecular weight excluding hydrogens is 426 g/mol. The van der Waals surface area contributed by atoms with Crippen molar-refractivity contribution in [2.75, 3.05) is 26.9 Å². The summed E-state index contributed by atoms with van der Waals surface area (Å²) in [5.74, 6) is 2.64. The monoisotopic (exact) mass is 457 g/mol. The summed E-state index contributed by atoms with van der Waals surface area (Å²) in [5.41, 5.74) is 6.82. The van der Waals surface area contributed by atoms with Gasteiger partial charge in [0.1, 0.15) is 5.75 Å². The van der Waals surface area contributed by atoms with Crippen LogP contribution in [0.4, 0.5) is 0 Å². The van der Waals surface area contributed by atoms with Gasteiger partial charge in [-0.2, -0.15) is 0 Å². The zero-order valence-corrected chi connectivity index (χ0v) is 20.1. The lowest BCUT2D eigenvalue weighted by molar-refractivity contribution is -0.118. The van der Waals surface area contributed by atoms with Gasteiger partial charge in [0.2, 0.25) is 0 Å². The van der Waals surface area contributed by atoms with E-state index in [1.54, 1.807) is 7.11 Å². The SMILES string of the molecule is COc1cccc([C@@H]2C=C3c4cc5c(cc4CCN3C3=C2C(=O)CC(C)(C)C3)OCCCO5)c1. The van der Waals surface area contributed by atoms with Crippen LogP contribution in [0.2, 0.25) is 0 Å². The second kappa shape index (κ2) is 7.93. The molecule has 0 unspecified atom stereocenters. The van der Waals surface area contributed by atoms with Gasteiger partial charge in [0, 0.05) is 47.8 Å². The molecule has 4 aliphatic rings. The van der Waals surface area contributed by atoms with Crippen LogP contribution in [0.3, 0.4) is 0 Å². The van der Waals surface area contributed by atoms with Crippen LogP contribution in [0.15, 0.2) is 53.7 Å². The molecule has 0 fully saturated rings. The molecule has 0 aromatic heterocycles. The third-order valence-electron chi connectivity index (χ3n) is 7.46. The van der Waals surface area contributed by atoms with Crippen LogP contribution in [-0.4, -0.2) is 37.6 Å². The maximum Gasteiger partial charge on any atom is 0.162 e. The van der Waals surface area contributed by atoms with Crippen molar-refractivity contribution in [3.8, 4) is 17.2 Å². The van der Waals surface area contributed by atoms with Crippen LogP contribution >= 0.6 is 0 Å². The van der Waals surface area contributed by atoms with E-state index in [0.717, 1.165) is 54.2 Å². The summed E-state index contributed by atoms with van der Waals surface area (Å²) < 4.78 is 17.5. The van der Waals surface area contributed by atoms with E-state index in [1.165, 1.54) is 22.5 Å². The first-order valence-electron chi connectivity index (χ1n) is 12.3. The second-order valence-electron chi connectivity index (χ2n) is 10.5. The van der Waals surface area contributed by atoms with Crippen LogP contribution < -0.4 is 14.2 Å². The van der Waals surface area contributed by atoms with Gasteiger partial charge in [0.25, 0.3) is 0 Å². The summed E-state index contributed by atoms with van der Waals surface area (Å²) in [6.07, 6.45) is 5.56. The molecule has 176 valence electrons. The van der Waals surface area contributed by atoms with E-state index in [9.17, 15) is 4.79 Å². The highest BCUT2D eigenvalue weighted by atomic mass is 16.5. The predicted octanol–water partition coefficient (Wildman–Crippen LogP) is 5.50. The van der Waals surface area contributed by atoms with Gasteiger partial charge in [-0.15, -0.1) is 0 Å². The third-order valence-corrected chi connectivity index (χ3v) is 7.46.